The predicted molar refractivity (Wildman–Crippen MR) is 109 cm³/mol. The van der Waals surface area contributed by atoms with Gasteiger partial charge in [-0.15, -0.1) is 0 Å². The third-order valence-electron chi connectivity index (χ3n) is 5.04. The molecule has 1 amide bonds. The Balaban J connectivity index is 1.61. The summed E-state index contributed by atoms with van der Waals surface area (Å²) in [5.74, 6) is 0.624. The molecule has 3 rings (SSSR count). The van der Waals surface area contributed by atoms with Crippen molar-refractivity contribution in [2.75, 3.05) is 26.2 Å². The molecule has 1 atom stereocenters. The van der Waals surface area contributed by atoms with E-state index in [1.165, 1.54) is 19.3 Å². The first-order valence-corrected chi connectivity index (χ1v) is 9.96. The van der Waals surface area contributed by atoms with Gasteiger partial charge in [0.05, 0.1) is 6.04 Å². The molecule has 144 valence electrons. The molecule has 0 aromatic heterocycles. The van der Waals surface area contributed by atoms with Crippen LogP contribution in [0.2, 0.25) is 5.02 Å². The lowest BCUT2D eigenvalue weighted by Gasteiger charge is -2.35. The molecule has 1 saturated heterocycles. The number of ether oxygens (including phenoxy) is 1. The number of halogens is 1. The molecular weight excluding hydrogens is 360 g/mol. The molecule has 4 nitrogen and oxygen atoms in total. The number of hydrogen-bond donors (Lipinski definition) is 1. The highest BCUT2D eigenvalue weighted by Crippen LogP contribution is 2.29. The maximum atomic E-state index is 12.3. The number of nitrogens with one attached hydrogen (secondary N) is 1. The topological polar surface area (TPSA) is 41.6 Å². The van der Waals surface area contributed by atoms with Gasteiger partial charge in [-0.05, 0) is 56.1 Å². The molecule has 2 aromatic rings. The van der Waals surface area contributed by atoms with Gasteiger partial charge in [-0.1, -0.05) is 54.4 Å². The number of benzene rings is 2. The van der Waals surface area contributed by atoms with Gasteiger partial charge >= 0.3 is 0 Å². The largest absolute Gasteiger partial charge is 0.484 e. The Morgan fingerprint density at radius 2 is 1.81 bits per heavy atom. The van der Waals surface area contributed by atoms with E-state index in [4.69, 9.17) is 16.3 Å². The molecule has 0 spiro atoms. The first-order valence-electron chi connectivity index (χ1n) is 9.59. The summed E-state index contributed by atoms with van der Waals surface area (Å²) < 4.78 is 5.65. The van der Waals surface area contributed by atoms with Crippen LogP contribution in [0, 0.1) is 6.92 Å². The Morgan fingerprint density at radius 1 is 1.11 bits per heavy atom. The van der Waals surface area contributed by atoms with Crippen LogP contribution in [0.1, 0.15) is 36.4 Å². The van der Waals surface area contributed by atoms with Gasteiger partial charge in [-0.25, -0.2) is 0 Å². The van der Waals surface area contributed by atoms with Crippen LogP contribution < -0.4 is 10.1 Å². The van der Waals surface area contributed by atoms with Crippen LogP contribution in [0.25, 0.3) is 0 Å². The number of rotatable bonds is 7. The van der Waals surface area contributed by atoms with Crippen LogP contribution >= 0.6 is 11.6 Å². The fourth-order valence-electron chi connectivity index (χ4n) is 3.53. The molecule has 27 heavy (non-hydrogen) atoms. The molecule has 5 heteroatoms. The van der Waals surface area contributed by atoms with E-state index in [0.29, 0.717) is 6.54 Å². The van der Waals surface area contributed by atoms with Crippen molar-refractivity contribution in [3.05, 3.63) is 64.7 Å². The highest BCUT2D eigenvalue weighted by Gasteiger charge is 2.24. The molecule has 0 saturated carbocycles. The van der Waals surface area contributed by atoms with Crippen molar-refractivity contribution in [3.8, 4) is 5.75 Å². The second-order valence-corrected chi connectivity index (χ2v) is 7.40. The minimum Gasteiger partial charge on any atom is -0.484 e. The van der Waals surface area contributed by atoms with Gasteiger partial charge in [0.2, 0.25) is 0 Å². The van der Waals surface area contributed by atoms with E-state index in [2.05, 4.69) is 16.3 Å². The quantitative estimate of drug-likeness (QED) is 0.768. The van der Waals surface area contributed by atoms with E-state index in [-0.39, 0.29) is 18.6 Å². The lowest BCUT2D eigenvalue weighted by molar-refractivity contribution is -0.123. The fourth-order valence-corrected chi connectivity index (χ4v) is 3.80. The highest BCUT2D eigenvalue weighted by molar-refractivity contribution is 6.31. The summed E-state index contributed by atoms with van der Waals surface area (Å²) in [5.41, 5.74) is 2.09. The summed E-state index contributed by atoms with van der Waals surface area (Å²) in [5, 5.41) is 3.78. The monoisotopic (exact) mass is 386 g/mol. The van der Waals surface area contributed by atoms with Crippen LogP contribution in [0.3, 0.4) is 0 Å². The second-order valence-electron chi connectivity index (χ2n) is 6.99. The number of nitrogens with zero attached hydrogens (tertiary/aromatic N) is 1. The van der Waals surface area contributed by atoms with Gasteiger partial charge in [0, 0.05) is 11.6 Å². The molecule has 1 aliphatic heterocycles. The number of hydrogen-bond acceptors (Lipinski definition) is 3. The van der Waals surface area contributed by atoms with Crippen molar-refractivity contribution in [3.63, 3.8) is 0 Å². The third-order valence-corrected chi connectivity index (χ3v) is 5.38. The molecule has 0 radical (unpaired) electrons. The molecule has 2 aromatic carbocycles. The smallest absolute Gasteiger partial charge is 0.258 e. The summed E-state index contributed by atoms with van der Waals surface area (Å²) in [6, 6.07) is 15.7. The minimum absolute atomic E-state index is 0.0140. The molecule has 0 aliphatic carbocycles. The lowest BCUT2D eigenvalue weighted by atomic mass is 10.0. The van der Waals surface area contributed by atoms with E-state index < -0.39 is 0 Å². The van der Waals surface area contributed by atoms with Crippen LogP contribution in [0.4, 0.5) is 0 Å². The molecule has 0 bridgehead atoms. The normalized spacial score (nSPS) is 15.9. The SMILES string of the molecule is Cc1ccccc1OCC(=O)NC[C@@H](c1ccccc1Cl)N1CCCCC1. The molecule has 1 heterocycles. The van der Waals surface area contributed by atoms with Gasteiger partial charge < -0.3 is 10.1 Å². The zero-order chi connectivity index (χ0) is 19.1. The van der Waals surface area contributed by atoms with Gasteiger partial charge in [-0.2, -0.15) is 0 Å². The number of para-hydroxylation sites is 1. The van der Waals surface area contributed by atoms with E-state index in [1.807, 2.05) is 49.4 Å². The predicted octanol–water partition coefficient (Wildman–Crippen LogP) is 4.37. The number of aryl methyl sites for hydroxylation is 1. The zero-order valence-corrected chi connectivity index (χ0v) is 16.5. The Labute approximate surface area is 166 Å². The number of amides is 1. The van der Waals surface area contributed by atoms with Gasteiger partial charge in [-0.3, -0.25) is 9.69 Å². The number of likely N-dealkylation sites (tertiary alicyclic amines) is 1. The summed E-state index contributed by atoms with van der Waals surface area (Å²) in [6.07, 6.45) is 3.64. The van der Waals surface area contributed by atoms with E-state index in [9.17, 15) is 4.79 Å². The van der Waals surface area contributed by atoms with Crippen LogP contribution in [0.5, 0.6) is 5.75 Å². The first-order chi connectivity index (χ1) is 13.1. The van der Waals surface area contributed by atoms with Crippen LogP contribution in [-0.2, 0) is 4.79 Å². The molecule has 1 N–H and O–H groups in total. The van der Waals surface area contributed by atoms with E-state index >= 15 is 0 Å². The Hall–Kier alpha value is -2.04. The average molecular weight is 387 g/mol. The average Bonchev–Trinajstić information content (AvgIpc) is 2.69. The van der Waals surface area contributed by atoms with Gasteiger partial charge in [0.25, 0.3) is 5.91 Å². The van der Waals surface area contributed by atoms with Crippen molar-refractivity contribution in [2.24, 2.45) is 0 Å². The summed E-state index contributed by atoms with van der Waals surface area (Å²) in [7, 11) is 0. The highest BCUT2D eigenvalue weighted by atomic mass is 35.5. The zero-order valence-electron chi connectivity index (χ0n) is 15.8. The van der Waals surface area contributed by atoms with E-state index in [1.54, 1.807) is 0 Å². The number of carbonyl (C=O) groups excluding carboxylic acids is 1. The number of piperidine rings is 1. The van der Waals surface area contributed by atoms with Crippen LogP contribution in [-0.4, -0.2) is 37.0 Å². The maximum absolute atomic E-state index is 12.3. The molecule has 0 unspecified atom stereocenters. The van der Waals surface area contributed by atoms with Crippen LogP contribution in [0.15, 0.2) is 48.5 Å². The van der Waals surface area contributed by atoms with Gasteiger partial charge in [0.1, 0.15) is 5.75 Å². The first kappa shape index (κ1) is 19.7. The molecule has 1 fully saturated rings. The summed E-state index contributed by atoms with van der Waals surface area (Å²) in [4.78, 5) is 14.8. The summed E-state index contributed by atoms with van der Waals surface area (Å²) in [6.45, 7) is 4.58. The van der Waals surface area contributed by atoms with Crippen molar-refractivity contribution in [1.29, 1.82) is 0 Å². The maximum Gasteiger partial charge on any atom is 0.258 e. The molecular formula is C22H27ClN2O2. The van der Waals surface area contributed by atoms with Crippen molar-refractivity contribution in [2.45, 2.75) is 32.2 Å². The van der Waals surface area contributed by atoms with E-state index in [0.717, 1.165) is 35.0 Å². The van der Waals surface area contributed by atoms with Crippen molar-refractivity contribution in [1.82, 2.24) is 10.2 Å². The Bertz CT molecular complexity index is 759. The van der Waals surface area contributed by atoms with Gasteiger partial charge in [0.15, 0.2) is 6.61 Å². The minimum atomic E-state index is -0.118. The fraction of sp³-hybridized carbons (Fsp3) is 0.409. The Kier molecular flexibility index (Phi) is 7.13. The second kappa shape index (κ2) is 9.77. The van der Waals surface area contributed by atoms with Crippen molar-refractivity contribution >= 4 is 17.5 Å². The lowest BCUT2D eigenvalue weighted by Crippen LogP contribution is -2.41. The Morgan fingerprint density at radius 3 is 2.56 bits per heavy atom. The van der Waals surface area contributed by atoms with Crippen molar-refractivity contribution < 1.29 is 9.53 Å². The standard InChI is InChI=1S/C22H27ClN2O2/c1-17-9-3-6-12-21(17)27-16-22(26)24-15-20(25-13-7-2-8-14-25)18-10-4-5-11-19(18)23/h3-6,9-12,20H,2,7-8,13-16H2,1H3,(H,24,26)/t20-/m0/s1. The molecule has 1 aliphatic rings. The number of carbonyl (C=O) groups is 1. The third kappa shape index (κ3) is 5.47. The summed E-state index contributed by atoms with van der Waals surface area (Å²) >= 11 is 6.45.